The van der Waals surface area contributed by atoms with Crippen molar-refractivity contribution in [1.29, 1.82) is 0 Å². The number of fused-ring (bicyclic) bond motifs is 7. The molecule has 138 valence electrons. The first-order valence-corrected chi connectivity index (χ1v) is 10.4. The summed E-state index contributed by atoms with van der Waals surface area (Å²) in [6.07, 6.45) is 8.56. The molecule has 0 amide bonds. The van der Waals surface area contributed by atoms with Crippen molar-refractivity contribution in [2.75, 3.05) is 0 Å². The Labute approximate surface area is 165 Å². The van der Waals surface area contributed by atoms with Gasteiger partial charge >= 0.3 is 0 Å². The lowest BCUT2D eigenvalue weighted by Gasteiger charge is -2.34. The summed E-state index contributed by atoms with van der Waals surface area (Å²) in [5, 5.41) is 22.8. The molecule has 3 heteroatoms. The highest BCUT2D eigenvalue weighted by molar-refractivity contribution is 7.80. The molecule has 27 heavy (non-hydrogen) atoms. The number of phenols is 2. The second-order valence-corrected chi connectivity index (χ2v) is 8.58. The molecular weight excluding hydrogens is 352 g/mol. The summed E-state index contributed by atoms with van der Waals surface area (Å²) in [6, 6.07) is 14.2. The Hall–Kier alpha value is -2.13. The molecule has 1 saturated carbocycles. The van der Waals surface area contributed by atoms with Crippen LogP contribution >= 0.6 is 12.6 Å². The van der Waals surface area contributed by atoms with Crippen molar-refractivity contribution in [2.24, 2.45) is 0 Å². The molecule has 0 radical (unpaired) electrons. The van der Waals surface area contributed by atoms with E-state index in [1.807, 2.05) is 6.07 Å². The van der Waals surface area contributed by atoms with Gasteiger partial charge < -0.3 is 10.2 Å². The highest BCUT2D eigenvalue weighted by atomic mass is 32.1. The first-order chi connectivity index (χ1) is 13.1. The predicted molar refractivity (Wildman–Crippen MR) is 113 cm³/mol. The molecule has 3 aromatic carbocycles. The molecular formula is C24H24O2S. The van der Waals surface area contributed by atoms with E-state index in [0.717, 1.165) is 23.6 Å². The van der Waals surface area contributed by atoms with Gasteiger partial charge in [0.1, 0.15) is 11.5 Å². The SMILES string of the molecule is Oc1cc2c3c(cc(O)c2cc1S)C1(CCCCCCC1)c1ccccc1-3. The van der Waals surface area contributed by atoms with Crippen LogP contribution in [0.15, 0.2) is 47.4 Å². The van der Waals surface area contributed by atoms with Crippen molar-refractivity contribution < 1.29 is 10.2 Å². The van der Waals surface area contributed by atoms with Crippen LogP contribution in [0.4, 0.5) is 0 Å². The summed E-state index contributed by atoms with van der Waals surface area (Å²) in [7, 11) is 0. The minimum atomic E-state index is -0.0206. The molecule has 0 atom stereocenters. The third-order valence-electron chi connectivity index (χ3n) is 6.65. The van der Waals surface area contributed by atoms with Gasteiger partial charge in [-0.1, -0.05) is 56.4 Å². The van der Waals surface area contributed by atoms with Crippen LogP contribution in [0.1, 0.15) is 56.1 Å². The Morgan fingerprint density at radius 3 is 2.22 bits per heavy atom. The minimum absolute atomic E-state index is 0.0206. The fourth-order valence-electron chi connectivity index (χ4n) is 5.41. The molecule has 1 fully saturated rings. The molecule has 0 aromatic heterocycles. The summed E-state index contributed by atoms with van der Waals surface area (Å²) in [4.78, 5) is 0.490. The second kappa shape index (κ2) is 6.20. The molecule has 0 saturated heterocycles. The Bertz CT molecular complexity index is 1050. The van der Waals surface area contributed by atoms with Gasteiger partial charge in [-0.2, -0.15) is 0 Å². The van der Waals surface area contributed by atoms with Crippen LogP contribution in [-0.2, 0) is 5.41 Å². The van der Waals surface area contributed by atoms with E-state index in [1.165, 1.54) is 54.4 Å². The molecule has 1 spiro atoms. The number of hydrogen-bond acceptors (Lipinski definition) is 3. The monoisotopic (exact) mass is 376 g/mol. The number of phenolic OH excluding ortho intramolecular Hbond substituents is 2. The molecule has 0 bridgehead atoms. The molecule has 2 nitrogen and oxygen atoms in total. The third kappa shape index (κ3) is 2.41. The second-order valence-electron chi connectivity index (χ2n) is 8.10. The Balaban J connectivity index is 1.88. The minimum Gasteiger partial charge on any atom is -0.507 e. The Morgan fingerprint density at radius 1 is 0.741 bits per heavy atom. The van der Waals surface area contributed by atoms with Gasteiger partial charge in [0, 0.05) is 15.7 Å². The standard InChI is InChI=1S/C24H24O2S/c25-20-14-19-23(17-12-21(26)22(27)13-16(17)20)15-8-4-5-9-18(15)24(19)10-6-2-1-3-7-11-24/h4-5,8-9,12-14,25-27H,1-3,6-7,10-11H2. The van der Waals surface area contributed by atoms with Crippen molar-refractivity contribution in [1.82, 2.24) is 0 Å². The number of thiol groups is 1. The fourth-order valence-corrected chi connectivity index (χ4v) is 5.60. The summed E-state index contributed by atoms with van der Waals surface area (Å²) >= 11 is 4.34. The van der Waals surface area contributed by atoms with E-state index in [0.29, 0.717) is 4.90 Å². The molecule has 2 aliphatic carbocycles. The first kappa shape index (κ1) is 17.0. The van der Waals surface area contributed by atoms with Crippen molar-refractivity contribution in [3.63, 3.8) is 0 Å². The molecule has 0 unspecified atom stereocenters. The lowest BCUT2D eigenvalue weighted by atomic mass is 9.69. The Kier molecular flexibility index (Phi) is 3.90. The first-order valence-electron chi connectivity index (χ1n) is 9.94. The van der Waals surface area contributed by atoms with Gasteiger partial charge in [0.2, 0.25) is 0 Å². The van der Waals surface area contributed by atoms with E-state index >= 15 is 0 Å². The van der Waals surface area contributed by atoms with E-state index in [2.05, 4.69) is 36.9 Å². The van der Waals surface area contributed by atoms with Crippen LogP contribution in [0.2, 0.25) is 0 Å². The van der Waals surface area contributed by atoms with Gasteiger partial charge in [-0.25, -0.2) is 0 Å². The maximum Gasteiger partial charge on any atom is 0.129 e. The number of hydrogen-bond donors (Lipinski definition) is 3. The predicted octanol–water partition coefficient (Wildman–Crippen LogP) is 6.55. The van der Waals surface area contributed by atoms with Gasteiger partial charge in [-0.3, -0.25) is 0 Å². The van der Waals surface area contributed by atoms with Crippen LogP contribution in [0.3, 0.4) is 0 Å². The molecule has 0 heterocycles. The lowest BCUT2D eigenvalue weighted by molar-refractivity contribution is 0.372. The van der Waals surface area contributed by atoms with Gasteiger partial charge in [0.05, 0.1) is 0 Å². The molecule has 3 aromatic rings. The van der Waals surface area contributed by atoms with Crippen molar-refractivity contribution in [3.8, 4) is 22.6 Å². The summed E-state index contributed by atoms with van der Waals surface area (Å²) in [6.45, 7) is 0. The van der Waals surface area contributed by atoms with E-state index in [-0.39, 0.29) is 16.9 Å². The van der Waals surface area contributed by atoms with Gasteiger partial charge in [-0.05, 0) is 58.7 Å². The molecule has 0 aliphatic heterocycles. The largest absolute Gasteiger partial charge is 0.507 e. The number of benzene rings is 3. The quantitative estimate of drug-likeness (QED) is 0.389. The fraction of sp³-hybridized carbons (Fsp3) is 0.333. The van der Waals surface area contributed by atoms with E-state index < -0.39 is 0 Å². The summed E-state index contributed by atoms with van der Waals surface area (Å²) in [5.74, 6) is 0.447. The average Bonchev–Trinajstić information content (AvgIpc) is 2.91. The zero-order chi connectivity index (χ0) is 18.6. The van der Waals surface area contributed by atoms with Gasteiger partial charge in [0.25, 0.3) is 0 Å². The van der Waals surface area contributed by atoms with Crippen molar-refractivity contribution >= 4 is 23.4 Å². The number of rotatable bonds is 0. The van der Waals surface area contributed by atoms with Crippen LogP contribution in [0.5, 0.6) is 11.5 Å². The van der Waals surface area contributed by atoms with Crippen molar-refractivity contribution in [2.45, 2.75) is 55.3 Å². The highest BCUT2D eigenvalue weighted by Crippen LogP contribution is 2.58. The van der Waals surface area contributed by atoms with Gasteiger partial charge in [0.15, 0.2) is 0 Å². The summed E-state index contributed by atoms with van der Waals surface area (Å²) < 4.78 is 0. The number of aromatic hydroxyl groups is 2. The highest BCUT2D eigenvalue weighted by Gasteiger charge is 2.43. The normalized spacial score (nSPS) is 18.1. The van der Waals surface area contributed by atoms with E-state index in [9.17, 15) is 10.2 Å². The van der Waals surface area contributed by atoms with Crippen LogP contribution < -0.4 is 0 Å². The van der Waals surface area contributed by atoms with Crippen molar-refractivity contribution in [3.05, 3.63) is 53.6 Å². The zero-order valence-electron chi connectivity index (χ0n) is 15.3. The molecule has 2 aliphatic rings. The maximum absolute atomic E-state index is 10.9. The average molecular weight is 377 g/mol. The smallest absolute Gasteiger partial charge is 0.129 e. The molecule has 5 rings (SSSR count). The topological polar surface area (TPSA) is 40.5 Å². The zero-order valence-corrected chi connectivity index (χ0v) is 16.2. The lowest BCUT2D eigenvalue weighted by Crippen LogP contribution is -2.26. The molecule has 2 N–H and O–H groups in total. The van der Waals surface area contributed by atoms with Crippen LogP contribution in [-0.4, -0.2) is 10.2 Å². The van der Waals surface area contributed by atoms with E-state index in [4.69, 9.17) is 0 Å². The third-order valence-corrected chi connectivity index (χ3v) is 7.00. The van der Waals surface area contributed by atoms with Gasteiger partial charge in [-0.15, -0.1) is 12.6 Å². The van der Waals surface area contributed by atoms with Crippen LogP contribution in [0.25, 0.3) is 21.9 Å². The summed E-state index contributed by atoms with van der Waals surface area (Å²) in [5.41, 5.74) is 5.05. The van der Waals surface area contributed by atoms with Crippen LogP contribution in [0, 0.1) is 0 Å². The Morgan fingerprint density at radius 2 is 1.44 bits per heavy atom. The van der Waals surface area contributed by atoms with E-state index in [1.54, 1.807) is 12.1 Å². The maximum atomic E-state index is 10.9.